The van der Waals surface area contributed by atoms with E-state index in [0.29, 0.717) is 6.04 Å². The van der Waals surface area contributed by atoms with Crippen LogP contribution in [0.2, 0.25) is 0 Å². The van der Waals surface area contributed by atoms with Crippen molar-refractivity contribution in [2.75, 3.05) is 0 Å². The van der Waals surface area contributed by atoms with E-state index in [-0.39, 0.29) is 0 Å². The maximum atomic E-state index is 7.08. The average molecular weight is 111 g/mol. The van der Waals surface area contributed by atoms with Gasteiger partial charge in [0.25, 0.3) is 0 Å². The van der Waals surface area contributed by atoms with Crippen LogP contribution in [-0.4, -0.2) is 0 Å². The van der Waals surface area contributed by atoms with Crippen molar-refractivity contribution in [3.63, 3.8) is 0 Å². The molecule has 0 nitrogen and oxygen atoms in total. The molecule has 0 spiro atoms. The summed E-state index contributed by atoms with van der Waals surface area (Å²) in [6, 6.07) is 7.89. The van der Waals surface area contributed by atoms with Crippen molar-refractivity contribution in [2.24, 2.45) is 0 Å². The van der Waals surface area contributed by atoms with Gasteiger partial charge in [-0.05, 0) is 5.30 Å². The molecular weight excluding hydrogens is 103 g/mol. The van der Waals surface area contributed by atoms with Crippen LogP contribution in [0.4, 0.5) is 0 Å². The van der Waals surface area contributed by atoms with Crippen molar-refractivity contribution < 1.29 is 1.37 Å². The summed E-state index contributed by atoms with van der Waals surface area (Å²) in [5, 5.41) is 1.13. The van der Waals surface area contributed by atoms with Gasteiger partial charge in [-0.1, -0.05) is 30.3 Å². The van der Waals surface area contributed by atoms with Gasteiger partial charge in [0.1, 0.15) is 0 Å². The highest BCUT2D eigenvalue weighted by Crippen LogP contribution is 1.86. The largest absolute Gasteiger partial charge is 0.106 e. The van der Waals surface area contributed by atoms with Crippen LogP contribution in [-0.2, 0) is 0 Å². The Kier molecular flexibility index (Phi) is 1.08. The third-order valence-corrected chi connectivity index (χ3v) is 1.13. The SMILES string of the molecule is [2H]c1ccc(P)cc1. The minimum Gasteiger partial charge on any atom is -0.106 e. The Balaban J connectivity index is 3.03. The standard InChI is InChI=1S/C6H7P/c7-6-4-2-1-3-5-6/h1-5H,7H2/i1D. The third kappa shape index (κ3) is 1.29. The Morgan fingerprint density at radius 1 is 1.43 bits per heavy atom. The Bertz CT molecular complexity index is 147. The lowest BCUT2D eigenvalue weighted by Crippen LogP contribution is -1.82. The molecule has 7 heavy (non-hydrogen) atoms. The van der Waals surface area contributed by atoms with Crippen molar-refractivity contribution in [3.8, 4) is 0 Å². The van der Waals surface area contributed by atoms with E-state index in [1.807, 2.05) is 12.1 Å². The number of hydrogen-bond acceptors (Lipinski definition) is 0. The van der Waals surface area contributed by atoms with Gasteiger partial charge in [-0.25, -0.2) is 0 Å². The lowest BCUT2D eigenvalue weighted by atomic mass is 10.4. The quantitative estimate of drug-likeness (QED) is 0.441. The zero-order valence-corrected chi connectivity index (χ0v) is 5.04. The molecule has 1 unspecified atom stereocenters. The first kappa shape index (κ1) is 3.63. The van der Waals surface area contributed by atoms with Crippen LogP contribution < -0.4 is 5.30 Å². The van der Waals surface area contributed by atoms with Crippen LogP contribution in [0.25, 0.3) is 0 Å². The summed E-state index contributed by atoms with van der Waals surface area (Å²) in [5.41, 5.74) is 0. The summed E-state index contributed by atoms with van der Waals surface area (Å²) >= 11 is 0. The topological polar surface area (TPSA) is 0 Å². The normalized spacial score (nSPS) is 10.7. The zero-order chi connectivity index (χ0) is 5.98. The molecule has 1 aromatic rings. The fraction of sp³-hybridized carbons (Fsp3) is 0. The molecule has 1 atom stereocenters. The van der Waals surface area contributed by atoms with Crippen molar-refractivity contribution >= 4 is 14.5 Å². The van der Waals surface area contributed by atoms with Crippen molar-refractivity contribution in [3.05, 3.63) is 30.3 Å². The minimum absolute atomic E-state index is 0.566. The molecule has 36 valence electrons. The summed E-state index contributed by atoms with van der Waals surface area (Å²) in [5.74, 6) is 0. The lowest BCUT2D eigenvalue weighted by Gasteiger charge is -1.82. The van der Waals surface area contributed by atoms with Crippen LogP contribution in [0.1, 0.15) is 1.37 Å². The van der Waals surface area contributed by atoms with E-state index in [0.717, 1.165) is 5.30 Å². The van der Waals surface area contributed by atoms with Crippen LogP contribution in [0.15, 0.2) is 30.3 Å². The van der Waals surface area contributed by atoms with Gasteiger partial charge >= 0.3 is 0 Å². The maximum Gasteiger partial charge on any atom is 0.0623 e. The minimum atomic E-state index is 0.566. The summed E-state index contributed by atoms with van der Waals surface area (Å²) in [4.78, 5) is 0. The summed E-state index contributed by atoms with van der Waals surface area (Å²) in [6.45, 7) is 0. The fourth-order valence-corrected chi connectivity index (χ4v) is 0.592. The Morgan fingerprint density at radius 3 is 2.43 bits per heavy atom. The molecule has 0 N–H and O–H groups in total. The lowest BCUT2D eigenvalue weighted by molar-refractivity contribution is 1.78. The average Bonchev–Trinajstić information content (AvgIpc) is 1.77. The molecular formula is C6H7P. The Labute approximate surface area is 47.2 Å². The van der Waals surface area contributed by atoms with Crippen LogP contribution in [0, 0.1) is 0 Å². The highest BCUT2D eigenvalue weighted by atomic mass is 31.0. The molecule has 0 saturated carbocycles. The highest BCUT2D eigenvalue weighted by Gasteiger charge is 1.72. The second kappa shape index (κ2) is 2.09. The van der Waals surface area contributed by atoms with E-state index in [1.165, 1.54) is 0 Å². The summed E-state index contributed by atoms with van der Waals surface area (Å²) in [6.07, 6.45) is 0. The van der Waals surface area contributed by atoms with Gasteiger partial charge < -0.3 is 0 Å². The third-order valence-electron chi connectivity index (χ3n) is 0.744. The van der Waals surface area contributed by atoms with Gasteiger partial charge in [-0.2, -0.15) is 0 Å². The molecule has 0 saturated heterocycles. The molecule has 1 rings (SSSR count). The van der Waals surface area contributed by atoms with Crippen molar-refractivity contribution in [1.82, 2.24) is 0 Å². The summed E-state index contributed by atoms with van der Waals surface area (Å²) < 4.78 is 7.08. The monoisotopic (exact) mass is 111 g/mol. The second-order valence-electron chi connectivity index (χ2n) is 1.33. The number of hydrogen-bond donors (Lipinski definition) is 0. The van der Waals surface area contributed by atoms with Crippen molar-refractivity contribution in [2.45, 2.75) is 0 Å². The molecule has 0 aliphatic heterocycles. The first-order valence-electron chi connectivity index (χ1n) is 2.61. The van der Waals surface area contributed by atoms with E-state index in [4.69, 9.17) is 1.37 Å². The van der Waals surface area contributed by atoms with E-state index in [2.05, 4.69) is 9.24 Å². The van der Waals surface area contributed by atoms with Gasteiger partial charge in [-0.15, -0.1) is 9.24 Å². The Hall–Kier alpha value is -0.350. The predicted octanol–water partition coefficient (Wildman–Crippen LogP) is 1.19. The summed E-state index contributed by atoms with van der Waals surface area (Å²) in [7, 11) is 2.57. The highest BCUT2D eigenvalue weighted by molar-refractivity contribution is 7.27. The van der Waals surface area contributed by atoms with E-state index >= 15 is 0 Å². The van der Waals surface area contributed by atoms with E-state index in [1.54, 1.807) is 12.1 Å². The molecule has 0 aliphatic rings. The van der Waals surface area contributed by atoms with Gasteiger partial charge in [0.05, 0.1) is 1.37 Å². The molecule has 1 heteroatoms. The van der Waals surface area contributed by atoms with E-state index in [9.17, 15) is 0 Å². The smallest absolute Gasteiger partial charge is 0.0623 e. The molecule has 1 aromatic carbocycles. The first-order chi connectivity index (χ1) is 3.79. The number of benzene rings is 1. The number of rotatable bonds is 0. The molecule has 0 amide bonds. The van der Waals surface area contributed by atoms with Gasteiger partial charge in [0, 0.05) is 0 Å². The van der Waals surface area contributed by atoms with Crippen LogP contribution in [0.3, 0.4) is 0 Å². The predicted molar refractivity (Wildman–Crippen MR) is 35.8 cm³/mol. The van der Waals surface area contributed by atoms with Crippen LogP contribution in [0.5, 0.6) is 0 Å². The van der Waals surface area contributed by atoms with Gasteiger partial charge in [0.2, 0.25) is 0 Å². The van der Waals surface area contributed by atoms with Gasteiger partial charge in [-0.3, -0.25) is 0 Å². The first-order valence-corrected chi connectivity index (χ1v) is 2.69. The van der Waals surface area contributed by atoms with Crippen molar-refractivity contribution in [1.29, 1.82) is 0 Å². The molecule has 0 heterocycles. The molecule has 0 radical (unpaired) electrons. The van der Waals surface area contributed by atoms with Crippen LogP contribution >= 0.6 is 9.24 Å². The van der Waals surface area contributed by atoms with E-state index < -0.39 is 0 Å². The maximum absolute atomic E-state index is 7.08. The zero-order valence-electron chi connectivity index (χ0n) is 4.89. The molecule has 0 bridgehead atoms. The molecule has 0 aromatic heterocycles. The fourth-order valence-electron chi connectivity index (χ4n) is 0.400. The molecule has 0 fully saturated rings. The second-order valence-corrected chi connectivity index (χ2v) is 2.00. The Morgan fingerprint density at radius 2 is 2.00 bits per heavy atom. The molecule has 0 aliphatic carbocycles. The van der Waals surface area contributed by atoms with Gasteiger partial charge in [0.15, 0.2) is 0 Å².